The molecule has 0 aliphatic heterocycles. The van der Waals surface area contributed by atoms with E-state index in [1.807, 2.05) is 19.1 Å². The molecule has 8 heteroatoms. The minimum absolute atomic E-state index is 0.0172. The summed E-state index contributed by atoms with van der Waals surface area (Å²) in [6.45, 7) is 5.25. The van der Waals surface area contributed by atoms with E-state index in [-0.39, 0.29) is 24.8 Å². The summed E-state index contributed by atoms with van der Waals surface area (Å²) in [5, 5.41) is 12.7. The van der Waals surface area contributed by atoms with E-state index in [2.05, 4.69) is 5.32 Å². The number of amides is 1. The fraction of sp³-hybridized carbons (Fsp3) is 0.292. The van der Waals surface area contributed by atoms with Gasteiger partial charge >= 0.3 is 5.97 Å². The van der Waals surface area contributed by atoms with Gasteiger partial charge in [-0.3, -0.25) is 19.0 Å². The quantitative estimate of drug-likeness (QED) is 0.560. The predicted molar refractivity (Wildman–Crippen MR) is 123 cm³/mol. The zero-order valence-electron chi connectivity index (χ0n) is 18.4. The molecule has 1 amide bonds. The molecule has 1 unspecified atom stereocenters. The topological polar surface area (TPSA) is 97.6 Å². The number of aryl methyl sites for hydroxylation is 1. The van der Waals surface area contributed by atoms with Crippen LogP contribution in [0.2, 0.25) is 5.02 Å². The number of nitrogens with one attached hydrogen (secondary N) is 1. The molecule has 3 rings (SSSR count). The van der Waals surface area contributed by atoms with E-state index in [1.54, 1.807) is 35.8 Å². The lowest BCUT2D eigenvalue weighted by atomic mass is 10.1. The number of carboxylic acids is 1. The van der Waals surface area contributed by atoms with Crippen LogP contribution in [0.4, 0.5) is 0 Å². The van der Waals surface area contributed by atoms with E-state index >= 15 is 0 Å². The number of benzene rings is 2. The molecule has 2 aromatic carbocycles. The number of nitrogens with zero attached hydrogens (tertiary/aromatic N) is 1. The zero-order chi connectivity index (χ0) is 23.6. The van der Waals surface area contributed by atoms with Crippen molar-refractivity contribution in [1.82, 2.24) is 9.88 Å². The van der Waals surface area contributed by atoms with E-state index in [0.29, 0.717) is 38.5 Å². The van der Waals surface area contributed by atoms with Crippen molar-refractivity contribution in [2.75, 3.05) is 13.7 Å². The van der Waals surface area contributed by atoms with Crippen LogP contribution in [0.15, 0.2) is 36.4 Å². The molecule has 3 aromatic rings. The third-order valence-electron chi connectivity index (χ3n) is 5.47. The first-order chi connectivity index (χ1) is 15.1. The van der Waals surface area contributed by atoms with Crippen LogP contribution >= 0.6 is 11.6 Å². The van der Waals surface area contributed by atoms with Crippen LogP contribution in [0.1, 0.15) is 34.1 Å². The molecule has 1 atom stereocenters. The standard InChI is InChI=1S/C24H25ClN2O5/c1-13-5-7-16(8-6-13)23(29)27-15(3)17(10-22(28)26-12-14(2)24(30)31)18-9-21(32-4)19(25)11-20(18)27/h5-9,11,14H,10,12H2,1-4H3,(H,26,28)(H,30,31). The molecule has 1 aromatic heterocycles. The van der Waals surface area contributed by atoms with Crippen LogP contribution in [-0.2, 0) is 16.0 Å². The molecule has 0 radical (unpaired) electrons. The Bertz CT molecular complexity index is 1200. The van der Waals surface area contributed by atoms with Crippen molar-refractivity contribution >= 4 is 40.3 Å². The highest BCUT2D eigenvalue weighted by molar-refractivity contribution is 6.33. The second-order valence-corrected chi connectivity index (χ2v) is 8.20. The minimum atomic E-state index is -0.985. The largest absolute Gasteiger partial charge is 0.495 e. The van der Waals surface area contributed by atoms with Crippen molar-refractivity contribution in [3.05, 3.63) is 63.8 Å². The molecular formula is C24H25ClN2O5. The summed E-state index contributed by atoms with van der Waals surface area (Å²) in [5.74, 6) is -1.83. The van der Waals surface area contributed by atoms with E-state index in [9.17, 15) is 14.4 Å². The van der Waals surface area contributed by atoms with Gasteiger partial charge in [0, 0.05) is 23.2 Å². The van der Waals surface area contributed by atoms with E-state index in [0.717, 1.165) is 5.56 Å². The number of aromatic nitrogens is 1. The lowest BCUT2D eigenvalue weighted by molar-refractivity contribution is -0.141. The molecule has 7 nitrogen and oxygen atoms in total. The molecule has 0 saturated carbocycles. The van der Waals surface area contributed by atoms with Crippen molar-refractivity contribution in [3.8, 4) is 5.75 Å². The fourth-order valence-electron chi connectivity index (χ4n) is 3.52. The first kappa shape index (κ1) is 23.3. The third-order valence-corrected chi connectivity index (χ3v) is 5.77. The molecule has 0 bridgehead atoms. The smallest absolute Gasteiger partial charge is 0.308 e. The molecule has 32 heavy (non-hydrogen) atoms. The van der Waals surface area contributed by atoms with Gasteiger partial charge in [-0.1, -0.05) is 36.2 Å². The van der Waals surface area contributed by atoms with E-state index in [1.165, 1.54) is 14.0 Å². The number of hydrogen-bond donors (Lipinski definition) is 2. The predicted octanol–water partition coefficient (Wildman–Crippen LogP) is 3.99. The SMILES string of the molecule is COc1cc2c(CC(=O)NCC(C)C(=O)O)c(C)n(C(=O)c3ccc(C)cc3)c2cc1Cl. The highest BCUT2D eigenvalue weighted by atomic mass is 35.5. The molecule has 2 N–H and O–H groups in total. The van der Waals surface area contributed by atoms with Gasteiger partial charge in [-0.25, -0.2) is 0 Å². The van der Waals surface area contributed by atoms with E-state index in [4.69, 9.17) is 21.4 Å². The number of methoxy groups -OCH3 is 1. The number of carboxylic acid groups (broad SMARTS) is 1. The summed E-state index contributed by atoms with van der Waals surface area (Å²) in [6.07, 6.45) is -0.0202. The summed E-state index contributed by atoms with van der Waals surface area (Å²) >= 11 is 6.34. The minimum Gasteiger partial charge on any atom is -0.495 e. The van der Waals surface area contributed by atoms with Crippen LogP contribution in [0.5, 0.6) is 5.75 Å². The first-order valence-electron chi connectivity index (χ1n) is 10.1. The van der Waals surface area contributed by atoms with Crippen molar-refractivity contribution in [2.24, 2.45) is 5.92 Å². The summed E-state index contributed by atoms with van der Waals surface area (Å²) < 4.78 is 6.88. The first-order valence-corrected chi connectivity index (χ1v) is 10.5. The Morgan fingerprint density at radius 1 is 1.16 bits per heavy atom. The molecule has 0 aliphatic rings. The monoisotopic (exact) mass is 456 g/mol. The molecule has 0 saturated heterocycles. The van der Waals surface area contributed by atoms with Gasteiger partial charge in [-0.15, -0.1) is 0 Å². The molecule has 0 aliphatic carbocycles. The number of carbonyl (C=O) groups is 3. The molecule has 168 valence electrons. The van der Waals surface area contributed by atoms with Gasteiger partial charge in [0.05, 0.1) is 30.0 Å². The number of ether oxygens (including phenoxy) is 1. The van der Waals surface area contributed by atoms with Gasteiger partial charge in [0.25, 0.3) is 5.91 Å². The van der Waals surface area contributed by atoms with Gasteiger partial charge < -0.3 is 15.2 Å². The Labute approximate surface area is 190 Å². The Morgan fingerprint density at radius 3 is 2.41 bits per heavy atom. The number of rotatable bonds is 7. The van der Waals surface area contributed by atoms with Crippen molar-refractivity contribution in [3.63, 3.8) is 0 Å². The average molecular weight is 457 g/mol. The maximum absolute atomic E-state index is 13.4. The Morgan fingerprint density at radius 2 is 1.81 bits per heavy atom. The van der Waals surface area contributed by atoms with Gasteiger partial charge in [0.2, 0.25) is 5.91 Å². The Kier molecular flexibility index (Phi) is 6.89. The maximum Gasteiger partial charge on any atom is 0.308 e. The summed E-state index contributed by atoms with van der Waals surface area (Å²) in [6, 6.07) is 10.6. The zero-order valence-corrected chi connectivity index (χ0v) is 19.1. The summed E-state index contributed by atoms with van der Waals surface area (Å²) in [4.78, 5) is 37.0. The molecule has 0 fully saturated rings. The lowest BCUT2D eigenvalue weighted by Crippen LogP contribution is -2.32. The average Bonchev–Trinajstić information content (AvgIpc) is 3.01. The van der Waals surface area contributed by atoms with Gasteiger partial charge in [0.1, 0.15) is 5.75 Å². The van der Waals surface area contributed by atoms with Crippen LogP contribution < -0.4 is 10.1 Å². The highest BCUT2D eigenvalue weighted by Gasteiger charge is 2.23. The van der Waals surface area contributed by atoms with Crippen LogP contribution in [0, 0.1) is 19.8 Å². The van der Waals surface area contributed by atoms with Crippen LogP contribution in [0.25, 0.3) is 10.9 Å². The van der Waals surface area contributed by atoms with Crippen LogP contribution in [-0.4, -0.2) is 41.1 Å². The third kappa shape index (κ3) is 4.62. The van der Waals surface area contributed by atoms with Crippen LogP contribution in [0.3, 0.4) is 0 Å². The summed E-state index contributed by atoms with van der Waals surface area (Å²) in [7, 11) is 1.49. The van der Waals surface area contributed by atoms with Gasteiger partial charge in [-0.05, 0) is 43.7 Å². The van der Waals surface area contributed by atoms with E-state index < -0.39 is 11.9 Å². The molecule has 0 spiro atoms. The van der Waals surface area contributed by atoms with Gasteiger partial charge in [-0.2, -0.15) is 0 Å². The highest BCUT2D eigenvalue weighted by Crippen LogP contribution is 2.35. The normalized spacial score (nSPS) is 11.9. The van der Waals surface area contributed by atoms with Crippen molar-refractivity contribution < 1.29 is 24.2 Å². The number of fused-ring (bicyclic) bond motifs is 1. The van der Waals surface area contributed by atoms with Crippen molar-refractivity contribution in [1.29, 1.82) is 0 Å². The molecule has 1 heterocycles. The summed E-state index contributed by atoms with van der Waals surface area (Å²) in [5.41, 5.74) is 3.37. The van der Waals surface area contributed by atoms with Gasteiger partial charge in [0.15, 0.2) is 0 Å². The number of hydrogen-bond acceptors (Lipinski definition) is 4. The second-order valence-electron chi connectivity index (χ2n) is 7.79. The van der Waals surface area contributed by atoms with Crippen molar-refractivity contribution in [2.45, 2.75) is 27.2 Å². The fourth-order valence-corrected chi connectivity index (χ4v) is 3.76. The number of carbonyl (C=O) groups excluding carboxylic acids is 2. The molecular weight excluding hydrogens is 432 g/mol. The number of aliphatic carboxylic acids is 1. The Balaban J connectivity index is 2.06. The maximum atomic E-state index is 13.4. The Hall–Kier alpha value is -3.32. The second kappa shape index (κ2) is 9.44. The lowest BCUT2D eigenvalue weighted by Gasteiger charge is -2.10. The number of halogens is 1.